The molecule has 60 heavy (non-hydrogen) atoms. The maximum Gasteiger partial charge on any atom is 0.148 e. The van der Waals surface area contributed by atoms with Gasteiger partial charge in [-0.3, -0.25) is 9.55 Å². The number of benzene rings is 6. The van der Waals surface area contributed by atoms with Gasteiger partial charge in [-0.05, 0) is 75.7 Å². The minimum Gasteiger partial charge on any atom is -0.507 e. The number of hydrogen-bond donors (Lipinski definition) is 1. The Morgan fingerprint density at radius 3 is 2.10 bits per heavy atom. The zero-order chi connectivity index (χ0) is 63.7. The van der Waals surface area contributed by atoms with Crippen molar-refractivity contribution < 1.29 is 61.8 Å². The molecule has 8 aromatic rings. The van der Waals surface area contributed by atoms with E-state index in [2.05, 4.69) is 11.1 Å². The zero-order valence-electron chi connectivity index (χ0n) is 58.5. The minimum absolute atomic E-state index is 0. The van der Waals surface area contributed by atoms with Gasteiger partial charge in [0.2, 0.25) is 0 Å². The maximum absolute atomic E-state index is 13.0. The molecule has 306 valence electrons. The van der Waals surface area contributed by atoms with Gasteiger partial charge in [-0.2, -0.15) is 0 Å². The van der Waals surface area contributed by atoms with Crippen molar-refractivity contribution in [1.29, 1.82) is 0 Å². The molecular weight excluding hydrogens is 914 g/mol. The molecule has 0 bridgehead atoms. The average molecular weight is 994 g/mol. The fourth-order valence-electron chi connectivity index (χ4n) is 7.04. The van der Waals surface area contributed by atoms with Crippen LogP contribution in [0, 0.1) is 12.9 Å². The standard InChI is InChI=1S/C55H54N3O.Pt/c1-35-24-25-48(44(28-35)37-20-15-12-16-21-37)58-49-23-17-22-43(50(49)57-52(58)45-33-42(54(5,6)7)34-46(51(45)59)55(8,9)10)39-29-40(31-41(30-39)53(2,3)4)47-32-38(26-27-56-47)36-18-13-11-14-19-36;/h11-28,30-34,59H,1-10H3;/q-1;/i1D3,5D3,6D3,7D3,8D3,9D3,10D3,11D,13D,14D,18D,19D;. The van der Waals surface area contributed by atoms with E-state index in [1.54, 1.807) is 54.6 Å². The average Bonchev–Trinajstić information content (AvgIpc) is 0.784. The van der Waals surface area contributed by atoms with Gasteiger partial charge in [0.05, 0.1) is 29.1 Å². The van der Waals surface area contributed by atoms with Gasteiger partial charge in [0.1, 0.15) is 11.6 Å². The first-order valence-corrected chi connectivity index (χ1v) is 18.5. The van der Waals surface area contributed by atoms with Crippen molar-refractivity contribution in [2.45, 2.75) is 85.0 Å². The van der Waals surface area contributed by atoms with Crippen LogP contribution >= 0.6 is 0 Å². The summed E-state index contributed by atoms with van der Waals surface area (Å²) in [5.41, 5.74) is -10.9. The Morgan fingerprint density at radius 2 is 1.38 bits per heavy atom. The second kappa shape index (κ2) is 16.1. The number of nitrogens with zero attached hydrogens (tertiary/aromatic N) is 3. The summed E-state index contributed by atoms with van der Waals surface area (Å²) in [6, 6.07) is 24.7. The summed E-state index contributed by atoms with van der Waals surface area (Å²) in [5, 5.41) is 13.0. The van der Waals surface area contributed by atoms with E-state index in [1.807, 2.05) is 20.8 Å². The molecule has 0 fully saturated rings. The van der Waals surface area contributed by atoms with Crippen LogP contribution in [0.3, 0.4) is 0 Å². The Bertz CT molecular complexity index is 3820. The molecule has 0 radical (unpaired) electrons. The Morgan fingerprint density at radius 1 is 0.650 bits per heavy atom. The van der Waals surface area contributed by atoms with Gasteiger partial charge in [-0.15, -0.1) is 29.3 Å². The first kappa shape index (κ1) is 20.8. The van der Waals surface area contributed by atoms with Crippen molar-refractivity contribution >= 4 is 11.0 Å². The summed E-state index contributed by atoms with van der Waals surface area (Å²) in [6.07, 6.45) is 1.38. The van der Waals surface area contributed by atoms with Crippen LogP contribution in [0.25, 0.3) is 72.7 Å². The number of imidazole rings is 1. The van der Waals surface area contributed by atoms with E-state index in [9.17, 15) is 5.11 Å². The fraction of sp³-hybridized carbons (Fsp3) is 0.236. The van der Waals surface area contributed by atoms with Crippen molar-refractivity contribution in [3.63, 3.8) is 0 Å². The molecule has 8 rings (SSSR count). The normalized spacial score (nSPS) is 19.9. The number of hydrogen-bond acceptors (Lipinski definition) is 3. The summed E-state index contributed by atoms with van der Waals surface area (Å²) >= 11 is 0. The number of pyridine rings is 1. The second-order valence-electron chi connectivity index (χ2n) is 15.3. The molecular formula is C55H54N3OPt-. The van der Waals surface area contributed by atoms with Crippen LogP contribution in [0.5, 0.6) is 5.75 Å². The number of phenolic OH excluding ortho intramolecular Hbond substituents is 1. The molecule has 0 saturated heterocycles. The van der Waals surface area contributed by atoms with Gasteiger partial charge in [0, 0.05) is 72.9 Å². The molecule has 1 N–H and O–H groups in total. The summed E-state index contributed by atoms with van der Waals surface area (Å²) < 4.78 is 226. The number of aryl methyl sites for hydroxylation is 1. The molecule has 5 heteroatoms. The minimum atomic E-state index is -4.25. The molecule has 0 aliphatic rings. The van der Waals surface area contributed by atoms with Gasteiger partial charge in [0.15, 0.2) is 0 Å². The Balaban J connectivity index is 0.0000106. The molecule has 0 amide bonds. The van der Waals surface area contributed by atoms with Gasteiger partial charge in [-0.25, -0.2) is 4.98 Å². The number of para-hydroxylation sites is 1. The molecule has 0 atom stereocenters. The third-order valence-corrected chi connectivity index (χ3v) is 10.0. The number of aromatic hydroxyl groups is 1. The van der Waals surface area contributed by atoms with E-state index in [1.165, 1.54) is 47.2 Å². The summed E-state index contributed by atoms with van der Waals surface area (Å²) in [6.45, 7) is -22.2. The molecule has 0 aliphatic carbocycles. The van der Waals surface area contributed by atoms with Crippen LogP contribution in [0.2, 0.25) is 0 Å². The van der Waals surface area contributed by atoms with E-state index in [4.69, 9.17) is 40.6 Å². The largest absolute Gasteiger partial charge is 0.507 e. The topological polar surface area (TPSA) is 50.9 Å². The predicted octanol–water partition coefficient (Wildman–Crippen LogP) is 14.5. The van der Waals surface area contributed by atoms with Crippen molar-refractivity contribution in [1.82, 2.24) is 14.5 Å². The smallest absolute Gasteiger partial charge is 0.148 e. The molecule has 0 spiro atoms. The maximum atomic E-state index is 13.0. The molecule has 6 aromatic carbocycles. The van der Waals surface area contributed by atoms with E-state index >= 15 is 0 Å². The van der Waals surface area contributed by atoms with Crippen molar-refractivity contribution in [3.05, 3.63) is 168 Å². The Hall–Kier alpha value is -5.57. The number of fused-ring (bicyclic) bond motifs is 1. The SMILES string of the molecule is [2H]c1c([2H])c([2H])c(-c2ccnc(-c3[c-]c(-c4cccc5c4nc(-c4cc(C(C([2H])([2H])[2H])(C([2H])([2H])[2H])C([2H])([2H])[2H])cc(C(C([2H])([2H])[2H])(C([2H])([2H])[2H])C([2H])([2H])[2H])c4O)n5-c4ccc(C([2H])([2H])[2H])cc4-c4ccccc4)cc(C(C)(C)C)c3)c2)c([2H])c1[2H].[Pt]. The van der Waals surface area contributed by atoms with E-state index in [0.717, 1.165) is 0 Å². The van der Waals surface area contributed by atoms with Gasteiger partial charge >= 0.3 is 0 Å². The summed E-state index contributed by atoms with van der Waals surface area (Å²) in [7, 11) is 0. The first-order valence-electron chi connectivity index (χ1n) is 31.5. The molecule has 0 unspecified atom stereocenters. The molecule has 2 heterocycles. The van der Waals surface area contributed by atoms with Crippen molar-refractivity contribution in [3.8, 4) is 67.5 Å². The summed E-state index contributed by atoms with van der Waals surface area (Å²) in [5.74, 6) is -2.14. The summed E-state index contributed by atoms with van der Waals surface area (Å²) in [4.78, 5) is 9.63. The first-order chi connectivity index (χ1) is 38.8. The molecule has 0 saturated carbocycles. The van der Waals surface area contributed by atoms with Gasteiger partial charge < -0.3 is 5.11 Å². The van der Waals surface area contributed by atoms with Crippen LogP contribution in [-0.4, -0.2) is 19.6 Å². The molecule has 2 aromatic heterocycles. The van der Waals surface area contributed by atoms with E-state index in [0.29, 0.717) is 22.8 Å². The third-order valence-electron chi connectivity index (χ3n) is 10.0. The van der Waals surface area contributed by atoms with E-state index < -0.39 is 123 Å². The van der Waals surface area contributed by atoms with Crippen LogP contribution in [0.1, 0.15) is 120 Å². The third kappa shape index (κ3) is 8.28. The Kier molecular flexibility index (Phi) is 5.59. The van der Waals surface area contributed by atoms with Crippen molar-refractivity contribution in [2.75, 3.05) is 0 Å². The van der Waals surface area contributed by atoms with Crippen LogP contribution in [-0.2, 0) is 37.3 Å². The van der Waals surface area contributed by atoms with Crippen LogP contribution < -0.4 is 0 Å². The van der Waals surface area contributed by atoms with Gasteiger partial charge in [0.25, 0.3) is 0 Å². The van der Waals surface area contributed by atoms with E-state index in [-0.39, 0.29) is 82.9 Å². The zero-order valence-corrected chi connectivity index (χ0v) is 34.8. The Labute approximate surface area is 407 Å². The number of aromatic nitrogens is 3. The van der Waals surface area contributed by atoms with Gasteiger partial charge in [-0.1, -0.05) is 169 Å². The number of phenols is 1. The van der Waals surface area contributed by atoms with Crippen molar-refractivity contribution in [2.24, 2.45) is 0 Å². The molecule has 4 nitrogen and oxygen atoms in total. The van der Waals surface area contributed by atoms with Crippen LogP contribution in [0.15, 0.2) is 140 Å². The van der Waals surface area contributed by atoms with Crippen LogP contribution in [0.4, 0.5) is 0 Å². The molecule has 0 aliphatic heterocycles. The second-order valence-corrected chi connectivity index (χ2v) is 15.3. The number of rotatable bonds is 6. The fourth-order valence-corrected chi connectivity index (χ4v) is 7.04. The monoisotopic (exact) mass is 994 g/mol. The predicted molar refractivity (Wildman–Crippen MR) is 247 cm³/mol. The quantitative estimate of drug-likeness (QED) is 0.169.